The lowest BCUT2D eigenvalue weighted by Gasteiger charge is -2.38. The van der Waals surface area contributed by atoms with Gasteiger partial charge in [0, 0.05) is 23.8 Å². The van der Waals surface area contributed by atoms with Gasteiger partial charge in [-0.15, -0.1) is 0 Å². The number of hydrogen-bond donors (Lipinski definition) is 1. The van der Waals surface area contributed by atoms with E-state index in [0.717, 1.165) is 28.3 Å². The third kappa shape index (κ3) is 4.48. The second-order valence-electron chi connectivity index (χ2n) is 8.02. The highest BCUT2D eigenvalue weighted by atomic mass is 16.5. The van der Waals surface area contributed by atoms with Crippen LogP contribution in [0.3, 0.4) is 0 Å². The third-order valence-electron chi connectivity index (χ3n) is 5.92. The Morgan fingerprint density at radius 3 is 2.40 bits per heavy atom. The Labute approximate surface area is 203 Å². The summed E-state index contributed by atoms with van der Waals surface area (Å²) in [7, 11) is 3.22. The highest BCUT2D eigenvalue weighted by Gasteiger charge is 2.34. The van der Waals surface area contributed by atoms with E-state index in [1.54, 1.807) is 31.5 Å². The van der Waals surface area contributed by atoms with Gasteiger partial charge in [0.1, 0.15) is 18.5 Å². The molecule has 0 saturated heterocycles. The standard InChI is InChI=1S/C28H25N3O4/c1-33-22-10-8-21(9-11-22)31-27(30-24-6-4-3-5-23(24)28(31)32)20-7-12-25(26(17-20)34-2)35-18-19-13-15-29-16-14-19/h3-17,27,30H,18H2,1-2H3. The van der Waals surface area contributed by atoms with Gasteiger partial charge in [-0.25, -0.2) is 0 Å². The van der Waals surface area contributed by atoms with E-state index in [1.807, 2.05) is 78.9 Å². The van der Waals surface area contributed by atoms with Crippen LogP contribution in [0.5, 0.6) is 17.2 Å². The zero-order chi connectivity index (χ0) is 24.2. The van der Waals surface area contributed by atoms with Gasteiger partial charge in [-0.2, -0.15) is 0 Å². The Hall–Kier alpha value is -4.52. The van der Waals surface area contributed by atoms with Gasteiger partial charge in [0.15, 0.2) is 11.5 Å². The van der Waals surface area contributed by atoms with Crippen LogP contribution in [0.15, 0.2) is 91.3 Å². The van der Waals surface area contributed by atoms with Crippen molar-refractivity contribution in [1.29, 1.82) is 0 Å². The molecule has 7 heteroatoms. The highest BCUT2D eigenvalue weighted by molar-refractivity contribution is 6.12. The van der Waals surface area contributed by atoms with Crippen molar-refractivity contribution in [1.82, 2.24) is 4.98 Å². The average Bonchev–Trinajstić information content (AvgIpc) is 2.92. The molecule has 1 amide bonds. The van der Waals surface area contributed by atoms with Crippen molar-refractivity contribution in [2.75, 3.05) is 24.4 Å². The summed E-state index contributed by atoms with van der Waals surface area (Å²) in [6.45, 7) is 0.393. The number of carbonyl (C=O) groups excluding carboxylic acids is 1. The molecule has 1 aliphatic rings. The van der Waals surface area contributed by atoms with Crippen LogP contribution >= 0.6 is 0 Å². The molecule has 0 fully saturated rings. The van der Waals surface area contributed by atoms with Gasteiger partial charge in [-0.1, -0.05) is 18.2 Å². The molecular weight excluding hydrogens is 442 g/mol. The molecule has 1 atom stereocenters. The van der Waals surface area contributed by atoms with E-state index in [4.69, 9.17) is 14.2 Å². The number of amides is 1. The summed E-state index contributed by atoms with van der Waals surface area (Å²) in [6.07, 6.45) is 3.01. The number of pyridine rings is 1. The molecule has 3 aromatic carbocycles. The third-order valence-corrected chi connectivity index (χ3v) is 5.92. The molecule has 0 radical (unpaired) electrons. The maximum absolute atomic E-state index is 13.6. The molecule has 1 N–H and O–H groups in total. The fourth-order valence-corrected chi connectivity index (χ4v) is 4.11. The second-order valence-corrected chi connectivity index (χ2v) is 8.02. The smallest absolute Gasteiger partial charge is 0.262 e. The van der Waals surface area contributed by atoms with Crippen LogP contribution in [0, 0.1) is 0 Å². The first-order valence-corrected chi connectivity index (χ1v) is 11.2. The normalized spacial score (nSPS) is 14.6. The number of ether oxygens (including phenoxy) is 3. The van der Waals surface area contributed by atoms with Gasteiger partial charge in [-0.05, 0) is 71.8 Å². The van der Waals surface area contributed by atoms with Crippen molar-refractivity contribution in [2.24, 2.45) is 0 Å². The number of para-hydroxylation sites is 1. The van der Waals surface area contributed by atoms with E-state index in [0.29, 0.717) is 23.7 Å². The van der Waals surface area contributed by atoms with Crippen molar-refractivity contribution < 1.29 is 19.0 Å². The maximum atomic E-state index is 13.6. The molecule has 0 bridgehead atoms. The minimum Gasteiger partial charge on any atom is -0.497 e. The number of aromatic nitrogens is 1. The molecule has 2 heterocycles. The summed E-state index contributed by atoms with van der Waals surface area (Å²) in [4.78, 5) is 19.4. The second kappa shape index (κ2) is 9.77. The van der Waals surface area contributed by atoms with Crippen LogP contribution < -0.4 is 24.4 Å². The van der Waals surface area contributed by atoms with E-state index in [1.165, 1.54) is 0 Å². The van der Waals surface area contributed by atoms with Gasteiger partial charge in [0.2, 0.25) is 0 Å². The summed E-state index contributed by atoms with van der Waals surface area (Å²) in [5.74, 6) is 1.83. The highest BCUT2D eigenvalue weighted by Crippen LogP contribution is 2.39. The first-order chi connectivity index (χ1) is 17.2. The van der Waals surface area contributed by atoms with Gasteiger partial charge in [-0.3, -0.25) is 14.7 Å². The Bertz CT molecular complexity index is 1330. The number of nitrogens with one attached hydrogen (secondary N) is 1. The minimum atomic E-state index is -0.450. The predicted molar refractivity (Wildman–Crippen MR) is 134 cm³/mol. The van der Waals surface area contributed by atoms with Crippen molar-refractivity contribution in [3.63, 3.8) is 0 Å². The summed E-state index contributed by atoms with van der Waals surface area (Å²) in [6, 6.07) is 24.5. The van der Waals surface area contributed by atoms with E-state index >= 15 is 0 Å². The largest absolute Gasteiger partial charge is 0.497 e. The Kier molecular flexibility index (Phi) is 6.22. The van der Waals surface area contributed by atoms with Gasteiger partial charge < -0.3 is 19.5 Å². The van der Waals surface area contributed by atoms with Gasteiger partial charge >= 0.3 is 0 Å². The first-order valence-electron chi connectivity index (χ1n) is 11.2. The van der Waals surface area contributed by atoms with Crippen LogP contribution in [0.1, 0.15) is 27.7 Å². The van der Waals surface area contributed by atoms with Gasteiger partial charge in [0.25, 0.3) is 5.91 Å². The molecule has 5 rings (SSSR count). The summed E-state index contributed by atoms with van der Waals surface area (Å²) < 4.78 is 16.9. The molecule has 0 saturated carbocycles. The Balaban J connectivity index is 1.50. The lowest BCUT2D eigenvalue weighted by molar-refractivity contribution is 0.0975. The number of hydrogen-bond acceptors (Lipinski definition) is 6. The molecule has 35 heavy (non-hydrogen) atoms. The SMILES string of the molecule is COc1ccc(N2C(=O)c3ccccc3NC2c2ccc(OCc3ccncc3)c(OC)c2)cc1. The number of benzene rings is 3. The van der Waals surface area contributed by atoms with Crippen LogP contribution in [-0.4, -0.2) is 25.1 Å². The zero-order valence-corrected chi connectivity index (χ0v) is 19.5. The van der Waals surface area contributed by atoms with Crippen LogP contribution in [0.4, 0.5) is 11.4 Å². The Morgan fingerprint density at radius 2 is 1.66 bits per heavy atom. The minimum absolute atomic E-state index is 0.0912. The van der Waals surface area contributed by atoms with Crippen LogP contribution in [0.2, 0.25) is 0 Å². The molecule has 1 aromatic heterocycles. The van der Waals surface area contributed by atoms with Crippen molar-refractivity contribution in [3.8, 4) is 17.2 Å². The van der Waals surface area contributed by atoms with Crippen molar-refractivity contribution in [2.45, 2.75) is 12.8 Å². The lowest BCUT2D eigenvalue weighted by Crippen LogP contribution is -2.43. The number of methoxy groups -OCH3 is 2. The van der Waals surface area contributed by atoms with Crippen LogP contribution in [0.25, 0.3) is 0 Å². The number of rotatable bonds is 7. The number of fused-ring (bicyclic) bond motifs is 1. The summed E-state index contributed by atoms with van der Waals surface area (Å²) >= 11 is 0. The lowest BCUT2D eigenvalue weighted by atomic mass is 10.0. The zero-order valence-electron chi connectivity index (χ0n) is 19.5. The molecule has 1 aliphatic heterocycles. The number of nitrogens with zero attached hydrogens (tertiary/aromatic N) is 2. The topological polar surface area (TPSA) is 72.9 Å². The molecule has 0 aliphatic carbocycles. The molecular formula is C28H25N3O4. The van der Waals surface area contributed by atoms with Crippen LogP contribution in [-0.2, 0) is 6.61 Å². The molecule has 4 aromatic rings. The van der Waals surface area contributed by atoms with Crippen molar-refractivity contribution >= 4 is 17.3 Å². The molecule has 1 unspecified atom stereocenters. The molecule has 176 valence electrons. The molecule has 7 nitrogen and oxygen atoms in total. The fourth-order valence-electron chi connectivity index (χ4n) is 4.11. The molecule has 0 spiro atoms. The van der Waals surface area contributed by atoms with E-state index in [9.17, 15) is 4.79 Å². The first kappa shape index (κ1) is 22.3. The van der Waals surface area contributed by atoms with Gasteiger partial charge in [0.05, 0.1) is 19.8 Å². The van der Waals surface area contributed by atoms with E-state index < -0.39 is 6.17 Å². The number of anilines is 2. The predicted octanol–water partition coefficient (Wildman–Crippen LogP) is 5.45. The summed E-state index contributed by atoms with van der Waals surface area (Å²) in [5.41, 5.74) is 4.01. The Morgan fingerprint density at radius 1 is 0.886 bits per heavy atom. The van der Waals surface area contributed by atoms with Crippen molar-refractivity contribution in [3.05, 3.63) is 108 Å². The average molecular weight is 468 g/mol. The summed E-state index contributed by atoms with van der Waals surface area (Å²) in [5, 5.41) is 3.52. The van der Waals surface area contributed by atoms with E-state index in [-0.39, 0.29) is 5.91 Å². The quantitative estimate of drug-likeness (QED) is 0.390. The monoisotopic (exact) mass is 467 g/mol. The number of carbonyl (C=O) groups is 1. The van der Waals surface area contributed by atoms with E-state index in [2.05, 4.69) is 10.3 Å². The maximum Gasteiger partial charge on any atom is 0.262 e. The fraction of sp³-hybridized carbons (Fsp3) is 0.143.